The van der Waals surface area contributed by atoms with Crippen molar-refractivity contribution >= 4 is 23.5 Å². The van der Waals surface area contributed by atoms with E-state index >= 15 is 0 Å². The molecule has 0 bridgehead atoms. The molecule has 1 atom stereocenters. The van der Waals surface area contributed by atoms with Crippen LogP contribution in [0.2, 0.25) is 0 Å². The summed E-state index contributed by atoms with van der Waals surface area (Å²) in [5.74, 6) is -0.966. The highest BCUT2D eigenvalue weighted by molar-refractivity contribution is 7.91. The second-order valence-electron chi connectivity index (χ2n) is 4.52. The summed E-state index contributed by atoms with van der Waals surface area (Å²) in [7, 11) is 0. The Labute approximate surface area is 104 Å². The summed E-state index contributed by atoms with van der Waals surface area (Å²) in [6.07, 6.45) is 1.49. The van der Waals surface area contributed by atoms with E-state index in [9.17, 15) is 9.35 Å². The molecule has 0 spiro atoms. The van der Waals surface area contributed by atoms with Crippen LogP contribution in [0.3, 0.4) is 0 Å². The minimum atomic E-state index is -1.30. The lowest BCUT2D eigenvalue weighted by Gasteiger charge is -2.17. The summed E-state index contributed by atoms with van der Waals surface area (Å²) in [5, 5.41) is 8.72. The van der Waals surface area contributed by atoms with Gasteiger partial charge < -0.3 is 9.66 Å². The molecule has 0 heterocycles. The van der Waals surface area contributed by atoms with Crippen molar-refractivity contribution in [3.63, 3.8) is 0 Å². The van der Waals surface area contributed by atoms with Crippen LogP contribution in [-0.4, -0.2) is 26.6 Å². The van der Waals surface area contributed by atoms with Gasteiger partial charge in [-0.3, -0.25) is 0 Å². The molecule has 1 N–H and O–H groups in total. The smallest absolute Gasteiger partial charge is 0.335 e. The Kier molecular flexibility index (Phi) is 4.31. The third kappa shape index (κ3) is 4.20. The predicted octanol–water partition coefficient (Wildman–Crippen LogP) is 2.27. The van der Waals surface area contributed by atoms with E-state index in [4.69, 9.17) is 5.11 Å². The first-order chi connectivity index (χ1) is 7.80. The molecule has 5 heteroatoms. The fraction of sp³-hybridized carbons (Fsp3) is 0.333. The minimum absolute atomic E-state index is 0.221. The summed E-state index contributed by atoms with van der Waals surface area (Å²) in [6.45, 7) is 5.52. The maximum atomic E-state index is 11.6. The largest absolute Gasteiger partial charge is 0.591 e. The number of hydrogen-bond acceptors (Lipinski definition) is 3. The molecule has 0 aromatic heterocycles. The second-order valence-corrected chi connectivity index (χ2v) is 6.46. The highest BCUT2D eigenvalue weighted by atomic mass is 32.2. The van der Waals surface area contributed by atoms with Gasteiger partial charge in [-0.25, -0.2) is 4.79 Å². The van der Waals surface area contributed by atoms with E-state index in [0.29, 0.717) is 0 Å². The molecular weight excluding hydrogens is 238 g/mol. The van der Waals surface area contributed by atoms with Gasteiger partial charge in [0.1, 0.15) is 16.1 Å². The third-order valence-electron chi connectivity index (χ3n) is 1.98. The first-order valence-corrected chi connectivity index (χ1v) is 6.21. The number of rotatable bonds is 3. The number of benzene rings is 1. The zero-order chi connectivity index (χ0) is 13.1. The molecule has 1 aromatic rings. The molecule has 0 aliphatic heterocycles. The summed E-state index contributed by atoms with van der Waals surface area (Å²) in [4.78, 5) is 10.6. The van der Waals surface area contributed by atoms with E-state index in [2.05, 4.69) is 4.40 Å². The molecule has 17 heavy (non-hydrogen) atoms. The highest BCUT2D eigenvalue weighted by Crippen LogP contribution is 2.16. The van der Waals surface area contributed by atoms with Gasteiger partial charge in [-0.05, 0) is 38.5 Å². The average molecular weight is 253 g/mol. The maximum Gasteiger partial charge on any atom is 0.335 e. The molecular formula is C12H15NO3S. The lowest BCUT2D eigenvalue weighted by molar-refractivity contribution is 0.0697. The Hall–Kier alpha value is -1.33. The predicted molar refractivity (Wildman–Crippen MR) is 68.9 cm³/mol. The van der Waals surface area contributed by atoms with Crippen molar-refractivity contribution in [2.45, 2.75) is 25.5 Å². The Bertz CT molecular complexity index is 420. The van der Waals surface area contributed by atoms with Crippen molar-refractivity contribution < 1.29 is 14.5 Å². The van der Waals surface area contributed by atoms with Crippen LogP contribution in [0, 0.1) is 0 Å². The normalized spacial score (nSPS) is 13.9. The topological polar surface area (TPSA) is 72.7 Å². The van der Waals surface area contributed by atoms with Crippen LogP contribution in [0.1, 0.15) is 36.7 Å². The molecule has 0 radical (unpaired) electrons. The first kappa shape index (κ1) is 13.7. The number of aromatic carboxylic acids is 1. The van der Waals surface area contributed by atoms with Gasteiger partial charge in [0.15, 0.2) is 0 Å². The van der Waals surface area contributed by atoms with Crippen LogP contribution < -0.4 is 0 Å². The number of carbonyl (C=O) groups is 1. The van der Waals surface area contributed by atoms with Crippen LogP contribution in [0.15, 0.2) is 28.7 Å². The molecule has 0 fully saturated rings. The molecule has 0 saturated heterocycles. The molecule has 4 nitrogen and oxygen atoms in total. The Morgan fingerprint density at radius 1 is 1.35 bits per heavy atom. The summed E-state index contributed by atoms with van der Waals surface area (Å²) in [6, 6.07) is 6.24. The average Bonchev–Trinajstić information content (AvgIpc) is 2.25. The van der Waals surface area contributed by atoms with Gasteiger partial charge >= 0.3 is 5.97 Å². The quantitative estimate of drug-likeness (QED) is 0.663. The van der Waals surface area contributed by atoms with Gasteiger partial charge in [0.25, 0.3) is 0 Å². The molecule has 92 valence electrons. The van der Waals surface area contributed by atoms with E-state index in [1.807, 2.05) is 20.8 Å². The fourth-order valence-corrected chi connectivity index (χ4v) is 1.51. The first-order valence-electron chi connectivity index (χ1n) is 5.10. The van der Waals surface area contributed by atoms with Crippen molar-refractivity contribution in [3.05, 3.63) is 35.4 Å². The minimum Gasteiger partial charge on any atom is -0.591 e. The van der Waals surface area contributed by atoms with Gasteiger partial charge in [-0.15, -0.1) is 0 Å². The van der Waals surface area contributed by atoms with Crippen LogP contribution in [0.4, 0.5) is 0 Å². The van der Waals surface area contributed by atoms with E-state index in [-0.39, 0.29) is 5.56 Å². The van der Waals surface area contributed by atoms with Gasteiger partial charge in [0.2, 0.25) is 0 Å². The molecule has 1 unspecified atom stereocenters. The monoisotopic (exact) mass is 253 g/mol. The van der Waals surface area contributed by atoms with Crippen LogP contribution in [0.5, 0.6) is 0 Å². The van der Waals surface area contributed by atoms with Crippen molar-refractivity contribution in [2.24, 2.45) is 4.40 Å². The van der Waals surface area contributed by atoms with E-state index < -0.39 is 22.1 Å². The number of carboxylic acid groups (broad SMARTS) is 1. The molecule has 0 aliphatic rings. The zero-order valence-corrected chi connectivity index (χ0v) is 10.8. The Balaban J connectivity index is 2.76. The highest BCUT2D eigenvalue weighted by Gasteiger charge is 2.25. The van der Waals surface area contributed by atoms with Crippen molar-refractivity contribution in [1.82, 2.24) is 0 Å². The van der Waals surface area contributed by atoms with Crippen LogP contribution in [-0.2, 0) is 11.4 Å². The number of nitrogens with zero attached hydrogens (tertiary/aromatic N) is 1. The van der Waals surface area contributed by atoms with Gasteiger partial charge in [-0.2, -0.15) is 0 Å². The summed E-state index contributed by atoms with van der Waals surface area (Å²) in [5.41, 5.74) is 0.951. The third-order valence-corrected chi connectivity index (χ3v) is 3.32. The van der Waals surface area contributed by atoms with E-state index in [1.165, 1.54) is 18.3 Å². The molecule has 0 saturated carbocycles. The van der Waals surface area contributed by atoms with Crippen molar-refractivity contribution in [3.8, 4) is 0 Å². The zero-order valence-electron chi connectivity index (χ0n) is 10.0. The molecule has 1 rings (SSSR count). The SMILES string of the molecule is CC(C)(C)[S+]([O-])/N=C/c1ccc(C(=O)O)cc1. The summed E-state index contributed by atoms with van der Waals surface area (Å²) >= 11 is -1.30. The Morgan fingerprint density at radius 2 is 1.88 bits per heavy atom. The van der Waals surface area contributed by atoms with Gasteiger partial charge in [-0.1, -0.05) is 16.5 Å². The molecule has 0 amide bonds. The maximum absolute atomic E-state index is 11.6. The number of carboxylic acids is 1. The standard InChI is InChI=1S/C12H15NO3S/c1-12(2,3)17(16)13-8-9-4-6-10(7-5-9)11(14)15/h4-8H,1-3H3,(H,14,15)/b13-8+. The lowest BCUT2D eigenvalue weighted by atomic mass is 10.1. The number of hydrogen-bond donors (Lipinski definition) is 1. The molecule has 1 aromatic carbocycles. The lowest BCUT2D eigenvalue weighted by Crippen LogP contribution is -2.25. The van der Waals surface area contributed by atoms with Gasteiger partial charge in [0.05, 0.1) is 11.8 Å². The van der Waals surface area contributed by atoms with Crippen LogP contribution in [0.25, 0.3) is 0 Å². The Morgan fingerprint density at radius 3 is 2.29 bits per heavy atom. The second kappa shape index (κ2) is 5.33. The van der Waals surface area contributed by atoms with E-state index in [1.54, 1.807) is 12.1 Å². The molecule has 0 aliphatic carbocycles. The fourth-order valence-electron chi connectivity index (χ4n) is 0.979. The van der Waals surface area contributed by atoms with Crippen molar-refractivity contribution in [2.75, 3.05) is 0 Å². The van der Waals surface area contributed by atoms with E-state index in [0.717, 1.165) is 5.56 Å². The van der Waals surface area contributed by atoms with Crippen LogP contribution >= 0.6 is 0 Å². The summed E-state index contributed by atoms with van der Waals surface area (Å²) < 4.78 is 15.2. The van der Waals surface area contributed by atoms with Crippen molar-refractivity contribution in [1.29, 1.82) is 0 Å². The van der Waals surface area contributed by atoms with Gasteiger partial charge in [0, 0.05) is 0 Å².